The highest BCUT2D eigenvalue weighted by Crippen LogP contribution is 2.39. The number of nitrogens with one attached hydrogen (secondary N) is 1. The van der Waals surface area contributed by atoms with E-state index in [9.17, 15) is 14.4 Å². The maximum Gasteiger partial charge on any atom is 0.413 e. The van der Waals surface area contributed by atoms with E-state index in [0.29, 0.717) is 0 Å². The summed E-state index contributed by atoms with van der Waals surface area (Å²) in [5.74, 6) is -0.647. The number of carbonyl (C=O) groups is 3. The fourth-order valence-electron chi connectivity index (χ4n) is 3.23. The number of rotatable bonds is 4. The molecule has 0 spiro atoms. The molecule has 0 radical (unpaired) electrons. The molecule has 29 heavy (non-hydrogen) atoms. The first-order valence-corrected chi connectivity index (χ1v) is 9.65. The molecule has 0 aliphatic carbocycles. The van der Waals surface area contributed by atoms with Gasteiger partial charge in [0.1, 0.15) is 23.0 Å². The second-order valence-corrected chi connectivity index (χ2v) is 9.97. The molecule has 0 aromatic heterocycles. The van der Waals surface area contributed by atoms with Gasteiger partial charge in [-0.15, -0.1) is 0 Å². The fraction of sp³-hybridized carbons (Fsp3) is 0.850. The summed E-state index contributed by atoms with van der Waals surface area (Å²) in [6.45, 7) is 15.9. The summed E-state index contributed by atoms with van der Waals surface area (Å²) >= 11 is 0. The molecular weight excluding hydrogens is 380 g/mol. The van der Waals surface area contributed by atoms with Gasteiger partial charge in [0.25, 0.3) is 0 Å². The Hall–Kier alpha value is -2.03. The van der Waals surface area contributed by atoms with Crippen molar-refractivity contribution < 1.29 is 33.3 Å². The molecule has 2 amide bonds. The molecule has 2 atom stereocenters. The van der Waals surface area contributed by atoms with Gasteiger partial charge in [0.2, 0.25) is 0 Å². The SMILES string of the molecule is COC(=O)[C@@H](C[C@@]1(C)COC(C)(C)N1C(=O)OC(C)(C)C)NC(=O)OC(C)(C)C. The van der Waals surface area contributed by atoms with E-state index in [0.717, 1.165) is 0 Å². The van der Waals surface area contributed by atoms with Crippen molar-refractivity contribution in [1.82, 2.24) is 10.2 Å². The second-order valence-electron chi connectivity index (χ2n) is 9.97. The Morgan fingerprint density at radius 2 is 1.55 bits per heavy atom. The average molecular weight is 417 g/mol. The smallest absolute Gasteiger partial charge is 0.413 e. The summed E-state index contributed by atoms with van der Waals surface area (Å²) in [7, 11) is 1.23. The van der Waals surface area contributed by atoms with Gasteiger partial charge in [-0.2, -0.15) is 0 Å². The molecule has 0 unspecified atom stereocenters. The van der Waals surface area contributed by atoms with E-state index < -0.39 is 46.7 Å². The van der Waals surface area contributed by atoms with E-state index in [-0.39, 0.29) is 13.0 Å². The number of amides is 2. The number of carbonyl (C=O) groups excluding carboxylic acids is 3. The summed E-state index contributed by atoms with van der Waals surface area (Å²) < 4.78 is 21.5. The molecule has 1 N–H and O–H groups in total. The van der Waals surface area contributed by atoms with Crippen LogP contribution in [0.2, 0.25) is 0 Å². The molecule has 9 nitrogen and oxygen atoms in total. The van der Waals surface area contributed by atoms with Crippen LogP contribution in [0.5, 0.6) is 0 Å². The van der Waals surface area contributed by atoms with E-state index in [4.69, 9.17) is 18.9 Å². The minimum Gasteiger partial charge on any atom is -0.467 e. The van der Waals surface area contributed by atoms with Gasteiger partial charge in [0.05, 0.1) is 19.3 Å². The highest BCUT2D eigenvalue weighted by Gasteiger charge is 2.54. The molecule has 9 heteroatoms. The molecule has 168 valence electrons. The quantitative estimate of drug-likeness (QED) is 0.554. The highest BCUT2D eigenvalue weighted by molar-refractivity contribution is 5.81. The molecule has 0 saturated carbocycles. The lowest BCUT2D eigenvalue weighted by atomic mass is 9.92. The predicted molar refractivity (Wildman–Crippen MR) is 106 cm³/mol. The lowest BCUT2D eigenvalue weighted by Crippen LogP contribution is -2.58. The highest BCUT2D eigenvalue weighted by atomic mass is 16.6. The molecule has 1 fully saturated rings. The van der Waals surface area contributed by atoms with Crippen LogP contribution in [0.15, 0.2) is 0 Å². The normalized spacial score (nSPS) is 22.6. The van der Waals surface area contributed by atoms with Crippen molar-refractivity contribution >= 4 is 18.2 Å². The number of esters is 1. The van der Waals surface area contributed by atoms with Crippen molar-refractivity contribution in [3.8, 4) is 0 Å². The minimum atomic E-state index is -1.04. The van der Waals surface area contributed by atoms with Crippen LogP contribution >= 0.6 is 0 Å². The average Bonchev–Trinajstić information content (AvgIpc) is 2.71. The van der Waals surface area contributed by atoms with Crippen LogP contribution in [0.25, 0.3) is 0 Å². The van der Waals surface area contributed by atoms with Gasteiger partial charge in [-0.1, -0.05) is 0 Å². The number of methoxy groups -OCH3 is 1. The number of hydrogen-bond acceptors (Lipinski definition) is 7. The first-order valence-electron chi connectivity index (χ1n) is 9.65. The third kappa shape index (κ3) is 7.06. The summed E-state index contributed by atoms with van der Waals surface area (Å²) in [4.78, 5) is 39.0. The summed E-state index contributed by atoms with van der Waals surface area (Å²) in [5.41, 5.74) is -3.31. The van der Waals surface area contributed by atoms with Gasteiger partial charge in [0.15, 0.2) is 0 Å². The van der Waals surface area contributed by atoms with Crippen molar-refractivity contribution in [1.29, 1.82) is 0 Å². The largest absolute Gasteiger partial charge is 0.467 e. The Morgan fingerprint density at radius 3 is 2.00 bits per heavy atom. The van der Waals surface area contributed by atoms with E-state index >= 15 is 0 Å². The lowest BCUT2D eigenvalue weighted by molar-refractivity contribution is -0.144. The standard InChI is InChI=1S/C20H36N2O7/c1-17(2,3)28-15(24)21-13(14(23)26-10)11-20(9)12-27-19(7,8)22(20)16(25)29-18(4,5)6/h13H,11-12H2,1-10H3,(H,21,24)/t13-,20+/m1/s1. The van der Waals surface area contributed by atoms with Crippen molar-refractivity contribution in [2.45, 2.75) is 97.2 Å². The van der Waals surface area contributed by atoms with Gasteiger partial charge in [-0.05, 0) is 62.3 Å². The number of alkyl carbamates (subject to hydrolysis) is 1. The molecule has 1 heterocycles. The number of nitrogens with zero attached hydrogens (tertiary/aromatic N) is 1. The summed E-state index contributed by atoms with van der Waals surface area (Å²) in [6, 6.07) is -1.04. The monoisotopic (exact) mass is 416 g/mol. The Bertz CT molecular complexity index is 634. The van der Waals surface area contributed by atoms with Crippen molar-refractivity contribution in [3.63, 3.8) is 0 Å². The van der Waals surface area contributed by atoms with Crippen LogP contribution in [-0.4, -0.2) is 65.3 Å². The van der Waals surface area contributed by atoms with Gasteiger partial charge >= 0.3 is 18.2 Å². The van der Waals surface area contributed by atoms with E-state index in [1.54, 1.807) is 62.3 Å². The predicted octanol–water partition coefficient (Wildman–Crippen LogP) is 3.20. The first kappa shape index (κ1) is 25.0. The molecule has 0 aromatic rings. The zero-order chi connectivity index (χ0) is 22.8. The number of ether oxygens (including phenoxy) is 4. The van der Waals surface area contributed by atoms with Crippen LogP contribution in [0.1, 0.15) is 68.7 Å². The maximum atomic E-state index is 12.9. The van der Waals surface area contributed by atoms with Crippen LogP contribution in [0.4, 0.5) is 9.59 Å². The Kier molecular flexibility index (Phi) is 7.22. The topological polar surface area (TPSA) is 103 Å². The molecule has 1 aliphatic rings. The third-order valence-electron chi connectivity index (χ3n) is 4.21. The van der Waals surface area contributed by atoms with Crippen molar-refractivity contribution in [2.24, 2.45) is 0 Å². The van der Waals surface area contributed by atoms with Gasteiger partial charge in [-0.25, -0.2) is 14.4 Å². The third-order valence-corrected chi connectivity index (χ3v) is 4.21. The molecule has 1 aliphatic heterocycles. The summed E-state index contributed by atoms with van der Waals surface area (Å²) in [5, 5.41) is 2.54. The first-order chi connectivity index (χ1) is 12.9. The van der Waals surface area contributed by atoms with Gasteiger partial charge in [0, 0.05) is 6.42 Å². The lowest BCUT2D eigenvalue weighted by Gasteiger charge is -2.41. The van der Waals surface area contributed by atoms with E-state index in [2.05, 4.69) is 5.32 Å². The Labute approximate surface area is 173 Å². The molecule has 0 aromatic carbocycles. The van der Waals surface area contributed by atoms with E-state index in [1.165, 1.54) is 12.0 Å². The molecular formula is C20H36N2O7. The van der Waals surface area contributed by atoms with Crippen molar-refractivity contribution in [2.75, 3.05) is 13.7 Å². The minimum absolute atomic E-state index is 0.0571. The van der Waals surface area contributed by atoms with Gasteiger partial charge in [-0.3, -0.25) is 4.90 Å². The number of hydrogen-bond donors (Lipinski definition) is 1. The maximum absolute atomic E-state index is 12.9. The van der Waals surface area contributed by atoms with Gasteiger partial charge < -0.3 is 24.3 Å². The second kappa shape index (κ2) is 8.38. The van der Waals surface area contributed by atoms with Crippen molar-refractivity contribution in [3.05, 3.63) is 0 Å². The Morgan fingerprint density at radius 1 is 1.03 bits per heavy atom. The fourth-order valence-corrected chi connectivity index (χ4v) is 3.23. The van der Waals surface area contributed by atoms with E-state index in [1.807, 2.05) is 0 Å². The van der Waals surface area contributed by atoms with Crippen LogP contribution in [0, 0.1) is 0 Å². The molecule has 0 bridgehead atoms. The Balaban J connectivity index is 3.12. The molecule has 1 rings (SSSR count). The zero-order valence-corrected chi connectivity index (χ0v) is 19.3. The van der Waals surface area contributed by atoms with Crippen LogP contribution in [0.3, 0.4) is 0 Å². The molecule has 1 saturated heterocycles. The van der Waals surface area contributed by atoms with Crippen LogP contribution in [-0.2, 0) is 23.7 Å². The summed E-state index contributed by atoms with van der Waals surface area (Å²) in [6.07, 6.45) is -1.26. The van der Waals surface area contributed by atoms with Crippen LogP contribution < -0.4 is 5.32 Å². The zero-order valence-electron chi connectivity index (χ0n) is 19.3.